The summed E-state index contributed by atoms with van der Waals surface area (Å²) in [7, 11) is 0. The topological polar surface area (TPSA) is 28.2 Å². The van der Waals surface area contributed by atoms with Crippen molar-refractivity contribution < 1.29 is 0 Å². The number of nitrogens with zero attached hydrogens (tertiary/aromatic N) is 2. The molecule has 0 bridgehead atoms. The number of hydrogen-bond donors (Lipinski definition) is 1. The molecule has 18 heavy (non-hydrogen) atoms. The summed E-state index contributed by atoms with van der Waals surface area (Å²) < 4.78 is 0. The fraction of sp³-hybridized carbons (Fsp3) is 0.533. The summed E-state index contributed by atoms with van der Waals surface area (Å²) in [6.45, 7) is 5.64. The molecule has 0 unspecified atom stereocenters. The Balaban J connectivity index is 2.05. The standard InChI is InChI=1S/C15H21N3/c1-3-9-18(12-13-5-6-13)15-7-8-17-14(10-15)11-16-4-2/h1,7-8,10,13,16H,4-6,9,11-12H2,2H3. The van der Waals surface area contributed by atoms with Crippen molar-refractivity contribution in [3.8, 4) is 12.3 Å². The van der Waals surface area contributed by atoms with Crippen LogP contribution in [0.25, 0.3) is 0 Å². The van der Waals surface area contributed by atoms with Gasteiger partial charge in [0.05, 0.1) is 12.2 Å². The van der Waals surface area contributed by atoms with Crippen LogP contribution in [0.3, 0.4) is 0 Å². The van der Waals surface area contributed by atoms with Crippen LogP contribution < -0.4 is 10.2 Å². The van der Waals surface area contributed by atoms with Crippen LogP contribution in [-0.4, -0.2) is 24.6 Å². The van der Waals surface area contributed by atoms with Gasteiger partial charge in [0, 0.05) is 25.0 Å². The zero-order valence-electron chi connectivity index (χ0n) is 11.0. The van der Waals surface area contributed by atoms with Crippen molar-refractivity contribution in [2.45, 2.75) is 26.3 Å². The van der Waals surface area contributed by atoms with Crippen molar-refractivity contribution >= 4 is 5.69 Å². The van der Waals surface area contributed by atoms with Crippen molar-refractivity contribution in [1.29, 1.82) is 0 Å². The normalized spacial score (nSPS) is 14.2. The minimum Gasteiger partial charge on any atom is -0.360 e. The highest BCUT2D eigenvalue weighted by atomic mass is 15.1. The molecule has 1 fully saturated rings. The molecule has 1 aromatic rings. The SMILES string of the molecule is C#CCN(CC1CC1)c1ccnc(CNCC)c1. The maximum Gasteiger partial charge on any atom is 0.0791 e. The highest BCUT2D eigenvalue weighted by Crippen LogP contribution is 2.31. The maximum absolute atomic E-state index is 5.46. The Bertz CT molecular complexity index is 418. The van der Waals surface area contributed by atoms with E-state index in [2.05, 4.69) is 40.2 Å². The predicted molar refractivity (Wildman–Crippen MR) is 75.4 cm³/mol. The second-order valence-corrected chi connectivity index (χ2v) is 4.81. The number of nitrogens with one attached hydrogen (secondary N) is 1. The third-order valence-corrected chi connectivity index (χ3v) is 3.18. The Morgan fingerprint density at radius 2 is 2.39 bits per heavy atom. The van der Waals surface area contributed by atoms with E-state index in [4.69, 9.17) is 6.42 Å². The Labute approximate surface area is 110 Å². The second kappa shape index (κ2) is 6.42. The molecular formula is C15H21N3. The number of terminal acetylenes is 1. The van der Waals surface area contributed by atoms with Gasteiger partial charge in [-0.1, -0.05) is 12.8 Å². The summed E-state index contributed by atoms with van der Waals surface area (Å²) in [5, 5.41) is 3.29. The molecule has 0 spiro atoms. The van der Waals surface area contributed by atoms with Gasteiger partial charge in [-0.25, -0.2) is 0 Å². The highest BCUT2D eigenvalue weighted by Gasteiger charge is 2.24. The van der Waals surface area contributed by atoms with E-state index < -0.39 is 0 Å². The van der Waals surface area contributed by atoms with Crippen molar-refractivity contribution in [1.82, 2.24) is 10.3 Å². The molecule has 3 heteroatoms. The first-order chi connectivity index (χ1) is 8.83. The maximum atomic E-state index is 5.46. The van der Waals surface area contributed by atoms with E-state index in [1.807, 2.05) is 6.20 Å². The molecule has 0 amide bonds. The van der Waals surface area contributed by atoms with Crippen LogP contribution in [0.2, 0.25) is 0 Å². The van der Waals surface area contributed by atoms with Gasteiger partial charge < -0.3 is 10.2 Å². The van der Waals surface area contributed by atoms with Crippen LogP contribution >= 0.6 is 0 Å². The quantitative estimate of drug-likeness (QED) is 0.743. The van der Waals surface area contributed by atoms with Crippen molar-refractivity contribution in [2.24, 2.45) is 5.92 Å². The highest BCUT2D eigenvalue weighted by molar-refractivity contribution is 5.48. The lowest BCUT2D eigenvalue weighted by Crippen LogP contribution is -2.26. The lowest BCUT2D eigenvalue weighted by Gasteiger charge is -2.22. The molecular weight excluding hydrogens is 222 g/mol. The molecule has 1 aliphatic rings. The summed E-state index contributed by atoms with van der Waals surface area (Å²) in [4.78, 5) is 6.66. The van der Waals surface area contributed by atoms with Gasteiger partial charge in [0.2, 0.25) is 0 Å². The molecule has 1 N–H and O–H groups in total. The van der Waals surface area contributed by atoms with Gasteiger partial charge in [0.25, 0.3) is 0 Å². The van der Waals surface area contributed by atoms with E-state index in [0.29, 0.717) is 6.54 Å². The Morgan fingerprint density at radius 3 is 3.06 bits per heavy atom. The Morgan fingerprint density at radius 1 is 1.56 bits per heavy atom. The van der Waals surface area contributed by atoms with Gasteiger partial charge in [-0.2, -0.15) is 0 Å². The molecule has 0 atom stereocenters. The monoisotopic (exact) mass is 243 g/mol. The van der Waals surface area contributed by atoms with Gasteiger partial charge in [-0.3, -0.25) is 4.98 Å². The van der Waals surface area contributed by atoms with Crippen molar-refractivity contribution in [3.63, 3.8) is 0 Å². The summed E-state index contributed by atoms with van der Waals surface area (Å²) >= 11 is 0. The molecule has 1 aromatic heterocycles. The van der Waals surface area contributed by atoms with E-state index >= 15 is 0 Å². The van der Waals surface area contributed by atoms with E-state index in [-0.39, 0.29) is 0 Å². The van der Waals surface area contributed by atoms with E-state index in [1.54, 1.807) is 0 Å². The second-order valence-electron chi connectivity index (χ2n) is 4.81. The molecule has 1 saturated carbocycles. The van der Waals surface area contributed by atoms with Crippen LogP contribution in [0.4, 0.5) is 5.69 Å². The molecule has 0 aliphatic heterocycles. The molecule has 2 rings (SSSR count). The van der Waals surface area contributed by atoms with Crippen LogP contribution in [0.5, 0.6) is 0 Å². The molecule has 3 nitrogen and oxygen atoms in total. The van der Waals surface area contributed by atoms with Gasteiger partial charge >= 0.3 is 0 Å². The summed E-state index contributed by atoms with van der Waals surface area (Å²) in [6.07, 6.45) is 10.0. The van der Waals surface area contributed by atoms with Crippen LogP contribution in [0.1, 0.15) is 25.5 Å². The van der Waals surface area contributed by atoms with Gasteiger partial charge in [-0.15, -0.1) is 6.42 Å². The third-order valence-electron chi connectivity index (χ3n) is 3.18. The minimum atomic E-state index is 0.682. The van der Waals surface area contributed by atoms with Crippen molar-refractivity contribution in [3.05, 3.63) is 24.0 Å². The number of aromatic nitrogens is 1. The fourth-order valence-electron chi connectivity index (χ4n) is 2.00. The van der Waals surface area contributed by atoms with Crippen LogP contribution in [-0.2, 0) is 6.54 Å². The first-order valence-electron chi connectivity index (χ1n) is 6.67. The van der Waals surface area contributed by atoms with Gasteiger partial charge in [-0.05, 0) is 37.4 Å². The fourth-order valence-corrected chi connectivity index (χ4v) is 2.00. The average molecular weight is 243 g/mol. The summed E-state index contributed by atoms with van der Waals surface area (Å²) in [5.74, 6) is 3.59. The molecule has 1 heterocycles. The number of anilines is 1. The first kappa shape index (κ1) is 12.9. The predicted octanol–water partition coefficient (Wildman–Crippen LogP) is 2.04. The smallest absolute Gasteiger partial charge is 0.0791 e. The molecule has 0 aromatic carbocycles. The number of pyridine rings is 1. The zero-order valence-corrected chi connectivity index (χ0v) is 11.0. The third kappa shape index (κ3) is 3.75. The summed E-state index contributed by atoms with van der Waals surface area (Å²) in [5.41, 5.74) is 2.27. The van der Waals surface area contributed by atoms with E-state index in [9.17, 15) is 0 Å². The van der Waals surface area contributed by atoms with Crippen LogP contribution in [0, 0.1) is 18.3 Å². The molecule has 96 valence electrons. The number of rotatable bonds is 7. The first-order valence-corrected chi connectivity index (χ1v) is 6.67. The number of hydrogen-bond acceptors (Lipinski definition) is 3. The average Bonchev–Trinajstić information content (AvgIpc) is 3.20. The van der Waals surface area contributed by atoms with Crippen molar-refractivity contribution in [2.75, 3.05) is 24.5 Å². The van der Waals surface area contributed by atoms with Crippen LogP contribution in [0.15, 0.2) is 18.3 Å². The lowest BCUT2D eigenvalue weighted by molar-refractivity contribution is 0.708. The van der Waals surface area contributed by atoms with E-state index in [0.717, 1.165) is 31.2 Å². The Hall–Kier alpha value is -1.53. The van der Waals surface area contributed by atoms with Gasteiger partial charge in [0.15, 0.2) is 0 Å². The summed E-state index contributed by atoms with van der Waals surface area (Å²) in [6, 6.07) is 4.19. The zero-order chi connectivity index (χ0) is 12.8. The molecule has 1 aliphatic carbocycles. The molecule has 0 radical (unpaired) electrons. The Kier molecular flexibility index (Phi) is 4.60. The molecule has 0 saturated heterocycles. The van der Waals surface area contributed by atoms with E-state index in [1.165, 1.54) is 18.5 Å². The largest absolute Gasteiger partial charge is 0.360 e. The van der Waals surface area contributed by atoms with Gasteiger partial charge in [0.1, 0.15) is 0 Å². The lowest BCUT2D eigenvalue weighted by atomic mass is 10.2. The minimum absolute atomic E-state index is 0.682.